The van der Waals surface area contributed by atoms with Crippen molar-refractivity contribution in [2.75, 3.05) is 17.2 Å². The first-order chi connectivity index (χ1) is 15.9. The number of aliphatic carboxylic acids is 1. The SMILES string of the molecule is Cc1ccccc1NC(=O)Nc1sc2ccccc2c1C(=O)N(CC(=O)O)C1CCCCC1. The summed E-state index contributed by atoms with van der Waals surface area (Å²) in [5.74, 6) is -1.40. The number of fused-ring (bicyclic) bond motifs is 1. The molecule has 3 amide bonds. The van der Waals surface area contributed by atoms with Crippen LogP contribution in [-0.4, -0.2) is 40.5 Å². The van der Waals surface area contributed by atoms with Crippen molar-refractivity contribution in [1.29, 1.82) is 0 Å². The van der Waals surface area contributed by atoms with Gasteiger partial charge in [-0.05, 0) is 37.5 Å². The number of carbonyl (C=O) groups is 3. The van der Waals surface area contributed by atoms with Crippen molar-refractivity contribution in [2.24, 2.45) is 0 Å². The van der Waals surface area contributed by atoms with Gasteiger partial charge in [0.15, 0.2) is 0 Å². The van der Waals surface area contributed by atoms with Crippen molar-refractivity contribution in [1.82, 2.24) is 4.90 Å². The molecule has 0 atom stereocenters. The van der Waals surface area contributed by atoms with Crippen molar-refractivity contribution >= 4 is 50.0 Å². The van der Waals surface area contributed by atoms with Gasteiger partial charge >= 0.3 is 12.0 Å². The van der Waals surface area contributed by atoms with Gasteiger partial charge in [0.1, 0.15) is 11.5 Å². The molecule has 0 saturated heterocycles. The highest BCUT2D eigenvalue weighted by Crippen LogP contribution is 2.37. The number of nitrogens with one attached hydrogen (secondary N) is 2. The first-order valence-electron chi connectivity index (χ1n) is 11.1. The van der Waals surface area contributed by atoms with Gasteiger partial charge in [0, 0.05) is 21.8 Å². The van der Waals surface area contributed by atoms with Crippen molar-refractivity contribution in [2.45, 2.75) is 45.1 Å². The standard InChI is InChI=1S/C25H27N3O4S/c1-16-9-5-7-13-19(16)26-25(32)27-23-22(18-12-6-8-14-20(18)33-23)24(31)28(15-21(29)30)17-10-3-2-4-11-17/h5-9,12-14,17H,2-4,10-11,15H2,1H3,(H,29,30)(H2,26,27,32). The number of nitrogens with zero attached hydrogens (tertiary/aromatic N) is 1. The minimum Gasteiger partial charge on any atom is -0.480 e. The number of carbonyl (C=O) groups excluding carboxylic acids is 2. The zero-order chi connectivity index (χ0) is 23.4. The van der Waals surface area contributed by atoms with Crippen LogP contribution in [0.5, 0.6) is 0 Å². The lowest BCUT2D eigenvalue weighted by molar-refractivity contribution is -0.138. The van der Waals surface area contributed by atoms with Crippen LogP contribution in [0, 0.1) is 6.92 Å². The molecule has 1 saturated carbocycles. The zero-order valence-electron chi connectivity index (χ0n) is 18.5. The smallest absolute Gasteiger partial charge is 0.324 e. The fourth-order valence-corrected chi connectivity index (χ4v) is 5.45. The van der Waals surface area contributed by atoms with Crippen molar-refractivity contribution in [3.8, 4) is 0 Å². The number of urea groups is 1. The van der Waals surface area contributed by atoms with E-state index in [1.807, 2.05) is 55.5 Å². The second-order valence-corrected chi connectivity index (χ2v) is 9.37. The van der Waals surface area contributed by atoms with Gasteiger partial charge in [-0.25, -0.2) is 4.79 Å². The van der Waals surface area contributed by atoms with Gasteiger partial charge in [-0.2, -0.15) is 0 Å². The molecule has 1 aliphatic rings. The topological polar surface area (TPSA) is 98.7 Å². The maximum Gasteiger partial charge on any atom is 0.324 e. The molecule has 0 aliphatic heterocycles. The van der Waals surface area contributed by atoms with Crippen LogP contribution in [0.2, 0.25) is 0 Å². The molecule has 8 heteroatoms. The van der Waals surface area contributed by atoms with Crippen molar-refractivity contribution in [3.05, 3.63) is 59.7 Å². The fraction of sp³-hybridized carbons (Fsp3) is 0.320. The Bertz CT molecular complexity index is 1180. The van der Waals surface area contributed by atoms with Crippen molar-refractivity contribution < 1.29 is 19.5 Å². The first kappa shape index (κ1) is 22.8. The number of benzene rings is 2. The fourth-order valence-electron chi connectivity index (χ4n) is 4.36. The van der Waals surface area contributed by atoms with E-state index in [0.29, 0.717) is 21.6 Å². The summed E-state index contributed by atoms with van der Waals surface area (Å²) in [5.41, 5.74) is 1.95. The first-order valence-corrected chi connectivity index (χ1v) is 11.9. The molecule has 7 nitrogen and oxygen atoms in total. The van der Waals surface area contributed by atoms with Gasteiger partial charge in [-0.1, -0.05) is 55.7 Å². The molecular weight excluding hydrogens is 438 g/mol. The van der Waals surface area contributed by atoms with Crippen LogP contribution in [-0.2, 0) is 4.79 Å². The Morgan fingerprint density at radius 1 is 1.00 bits per heavy atom. The summed E-state index contributed by atoms with van der Waals surface area (Å²) in [6, 6.07) is 14.3. The quantitative estimate of drug-likeness (QED) is 0.434. The average molecular weight is 466 g/mol. The third-order valence-corrected chi connectivity index (χ3v) is 7.10. The number of aryl methyl sites for hydroxylation is 1. The molecule has 4 rings (SSSR count). The number of hydrogen-bond acceptors (Lipinski definition) is 4. The van der Waals surface area contributed by atoms with Gasteiger partial charge in [0.2, 0.25) is 0 Å². The van der Waals surface area contributed by atoms with Crippen LogP contribution in [0.1, 0.15) is 48.0 Å². The molecule has 33 heavy (non-hydrogen) atoms. The number of para-hydroxylation sites is 1. The highest BCUT2D eigenvalue weighted by Gasteiger charge is 2.31. The predicted octanol–water partition coefficient (Wildman–Crippen LogP) is 5.71. The molecule has 1 fully saturated rings. The third kappa shape index (κ3) is 5.17. The monoisotopic (exact) mass is 465 g/mol. The molecule has 0 unspecified atom stereocenters. The zero-order valence-corrected chi connectivity index (χ0v) is 19.3. The Kier molecular flexibility index (Phi) is 6.93. The number of anilines is 2. The molecule has 0 bridgehead atoms. The highest BCUT2D eigenvalue weighted by atomic mass is 32.1. The van der Waals surface area contributed by atoms with E-state index in [-0.39, 0.29) is 18.5 Å². The second kappa shape index (κ2) is 10.0. The molecule has 172 valence electrons. The predicted molar refractivity (Wildman–Crippen MR) is 131 cm³/mol. The molecule has 3 aromatic rings. The number of carboxylic acid groups (broad SMARTS) is 1. The highest BCUT2D eigenvalue weighted by molar-refractivity contribution is 7.23. The van der Waals surface area contributed by atoms with E-state index < -0.39 is 12.0 Å². The lowest BCUT2D eigenvalue weighted by Crippen LogP contribution is -2.44. The van der Waals surface area contributed by atoms with Gasteiger partial charge in [-0.15, -0.1) is 11.3 Å². The molecule has 0 radical (unpaired) electrons. The Labute approximate surface area is 196 Å². The Hall–Kier alpha value is -3.39. The summed E-state index contributed by atoms with van der Waals surface area (Å²) in [6.07, 6.45) is 4.62. The number of hydrogen-bond donors (Lipinski definition) is 3. The largest absolute Gasteiger partial charge is 0.480 e. The number of carboxylic acids is 1. The van der Waals surface area contributed by atoms with Crippen LogP contribution in [0.3, 0.4) is 0 Å². The van der Waals surface area contributed by atoms with Crippen LogP contribution in [0.15, 0.2) is 48.5 Å². The summed E-state index contributed by atoms with van der Waals surface area (Å²) >= 11 is 1.31. The van der Waals surface area contributed by atoms with Gasteiger partial charge in [-0.3, -0.25) is 14.9 Å². The van der Waals surface area contributed by atoms with Crippen LogP contribution in [0.4, 0.5) is 15.5 Å². The Morgan fingerprint density at radius 3 is 2.42 bits per heavy atom. The van der Waals surface area contributed by atoms with Crippen molar-refractivity contribution in [3.63, 3.8) is 0 Å². The Morgan fingerprint density at radius 2 is 1.70 bits per heavy atom. The molecule has 1 aliphatic carbocycles. The lowest BCUT2D eigenvalue weighted by atomic mass is 9.93. The number of amides is 3. The van der Waals surface area contributed by atoms with E-state index in [0.717, 1.165) is 42.4 Å². The normalized spacial score (nSPS) is 14.1. The van der Waals surface area contributed by atoms with E-state index >= 15 is 0 Å². The average Bonchev–Trinajstić information content (AvgIpc) is 3.16. The molecule has 2 aromatic carbocycles. The van der Waals surface area contributed by atoms with Gasteiger partial charge in [0.05, 0.1) is 5.56 Å². The summed E-state index contributed by atoms with van der Waals surface area (Å²) in [6.45, 7) is 1.54. The van der Waals surface area contributed by atoms with E-state index in [4.69, 9.17) is 0 Å². The van der Waals surface area contributed by atoms with Crippen LogP contribution >= 0.6 is 11.3 Å². The number of rotatable bonds is 6. The minimum atomic E-state index is -1.04. The van der Waals surface area contributed by atoms with Crippen LogP contribution in [0.25, 0.3) is 10.1 Å². The molecule has 3 N–H and O–H groups in total. The molecule has 0 spiro atoms. The van der Waals surface area contributed by atoms with E-state index in [1.54, 1.807) is 0 Å². The van der Waals surface area contributed by atoms with E-state index in [9.17, 15) is 19.5 Å². The molecule has 1 aromatic heterocycles. The molecular formula is C25H27N3O4S. The lowest BCUT2D eigenvalue weighted by Gasteiger charge is -2.33. The summed E-state index contributed by atoms with van der Waals surface area (Å²) in [4.78, 5) is 39.7. The maximum atomic E-state index is 13.8. The Balaban J connectivity index is 1.67. The van der Waals surface area contributed by atoms with E-state index in [1.165, 1.54) is 16.2 Å². The summed E-state index contributed by atoms with van der Waals surface area (Å²) in [5, 5.41) is 16.3. The number of thiophene rings is 1. The maximum absolute atomic E-state index is 13.8. The second-order valence-electron chi connectivity index (χ2n) is 8.32. The summed E-state index contributed by atoms with van der Waals surface area (Å²) < 4.78 is 0.853. The van der Waals surface area contributed by atoms with Gasteiger partial charge in [0.25, 0.3) is 5.91 Å². The van der Waals surface area contributed by atoms with E-state index in [2.05, 4.69) is 10.6 Å². The van der Waals surface area contributed by atoms with Gasteiger partial charge < -0.3 is 15.3 Å². The minimum absolute atomic E-state index is 0.116. The summed E-state index contributed by atoms with van der Waals surface area (Å²) in [7, 11) is 0. The third-order valence-electron chi connectivity index (χ3n) is 6.01. The molecule has 1 heterocycles. The van der Waals surface area contributed by atoms with Crippen LogP contribution < -0.4 is 10.6 Å².